The van der Waals surface area contributed by atoms with Gasteiger partial charge in [-0.05, 0) is 18.2 Å². The van der Waals surface area contributed by atoms with E-state index < -0.39 is 0 Å². The van der Waals surface area contributed by atoms with Gasteiger partial charge >= 0.3 is 0 Å². The van der Waals surface area contributed by atoms with E-state index in [-0.39, 0.29) is 16.8 Å². The Kier molecular flexibility index (Phi) is 3.69. The van der Waals surface area contributed by atoms with Crippen LogP contribution in [0.1, 0.15) is 16.8 Å². The van der Waals surface area contributed by atoms with Gasteiger partial charge in [-0.15, -0.1) is 11.8 Å². The van der Waals surface area contributed by atoms with Gasteiger partial charge in [-0.2, -0.15) is 0 Å². The zero-order chi connectivity index (χ0) is 15.7. The SMILES string of the molecule is O=C(c1ccncc1)N1CC2(C[C@H](Oc3ccccn3)CS2)C1. The second-order valence-electron chi connectivity index (χ2n) is 6.00. The van der Waals surface area contributed by atoms with Gasteiger partial charge in [0.15, 0.2) is 0 Å². The Bertz CT molecular complexity index is 689. The fourth-order valence-electron chi connectivity index (χ4n) is 3.16. The van der Waals surface area contributed by atoms with Crippen LogP contribution in [0, 0.1) is 0 Å². The van der Waals surface area contributed by atoms with Crippen LogP contribution in [0.5, 0.6) is 5.88 Å². The number of ether oxygens (including phenoxy) is 1. The number of hydrogen-bond acceptors (Lipinski definition) is 5. The summed E-state index contributed by atoms with van der Waals surface area (Å²) in [5.41, 5.74) is 0.708. The smallest absolute Gasteiger partial charge is 0.254 e. The van der Waals surface area contributed by atoms with E-state index in [1.54, 1.807) is 30.7 Å². The Morgan fingerprint density at radius 2 is 2.04 bits per heavy atom. The molecule has 2 aromatic rings. The minimum absolute atomic E-state index is 0.0905. The monoisotopic (exact) mass is 327 g/mol. The van der Waals surface area contributed by atoms with Crippen molar-refractivity contribution < 1.29 is 9.53 Å². The Morgan fingerprint density at radius 3 is 2.78 bits per heavy atom. The van der Waals surface area contributed by atoms with Gasteiger partial charge < -0.3 is 9.64 Å². The number of likely N-dealkylation sites (tertiary alicyclic amines) is 1. The van der Waals surface area contributed by atoms with E-state index in [1.165, 1.54) is 0 Å². The van der Waals surface area contributed by atoms with Gasteiger partial charge in [0.05, 0.1) is 4.75 Å². The van der Waals surface area contributed by atoms with E-state index in [9.17, 15) is 4.79 Å². The highest BCUT2D eigenvalue weighted by Gasteiger charge is 2.51. The summed E-state index contributed by atoms with van der Waals surface area (Å²) < 4.78 is 6.10. The first-order chi connectivity index (χ1) is 11.2. The van der Waals surface area contributed by atoms with Crippen LogP contribution < -0.4 is 4.74 Å². The van der Waals surface area contributed by atoms with Crippen LogP contribution in [0.25, 0.3) is 0 Å². The number of nitrogens with zero attached hydrogens (tertiary/aromatic N) is 3. The van der Waals surface area contributed by atoms with E-state index in [0.717, 1.165) is 25.3 Å². The highest BCUT2D eigenvalue weighted by molar-refractivity contribution is 8.01. The standard InChI is InChI=1S/C17H17N3O2S/c21-16(13-4-7-18-8-5-13)20-11-17(12-20)9-14(10-23-17)22-15-3-1-2-6-19-15/h1-8,14H,9-12H2/t14-/m0/s1. The molecule has 0 unspecified atom stereocenters. The van der Waals surface area contributed by atoms with Crippen LogP contribution in [-0.2, 0) is 0 Å². The number of thioether (sulfide) groups is 1. The van der Waals surface area contributed by atoms with E-state index in [2.05, 4.69) is 9.97 Å². The zero-order valence-electron chi connectivity index (χ0n) is 12.6. The molecule has 1 amide bonds. The maximum atomic E-state index is 12.4. The lowest BCUT2D eigenvalue weighted by atomic mass is 9.92. The van der Waals surface area contributed by atoms with Crippen molar-refractivity contribution in [1.82, 2.24) is 14.9 Å². The van der Waals surface area contributed by atoms with Gasteiger partial charge in [0.1, 0.15) is 6.10 Å². The third-order valence-corrected chi connectivity index (χ3v) is 5.85. The first-order valence-electron chi connectivity index (χ1n) is 7.65. The van der Waals surface area contributed by atoms with Gasteiger partial charge in [-0.1, -0.05) is 6.07 Å². The van der Waals surface area contributed by atoms with Crippen molar-refractivity contribution in [2.75, 3.05) is 18.8 Å². The van der Waals surface area contributed by atoms with Crippen molar-refractivity contribution in [2.45, 2.75) is 17.3 Å². The molecule has 0 aromatic carbocycles. The molecular weight excluding hydrogens is 310 g/mol. The van der Waals surface area contributed by atoms with Crippen molar-refractivity contribution in [1.29, 1.82) is 0 Å². The van der Waals surface area contributed by atoms with Crippen molar-refractivity contribution in [3.05, 3.63) is 54.5 Å². The lowest BCUT2D eigenvalue weighted by Crippen LogP contribution is -2.60. The van der Waals surface area contributed by atoms with Crippen LogP contribution in [0.2, 0.25) is 0 Å². The molecule has 0 bridgehead atoms. The average molecular weight is 327 g/mol. The number of pyridine rings is 2. The molecule has 1 spiro atoms. The molecular formula is C17H17N3O2S. The topological polar surface area (TPSA) is 55.3 Å². The molecule has 0 aliphatic carbocycles. The molecule has 118 valence electrons. The first kappa shape index (κ1) is 14.5. The van der Waals surface area contributed by atoms with Gasteiger partial charge in [0, 0.05) is 55.5 Å². The molecule has 0 radical (unpaired) electrons. The Morgan fingerprint density at radius 1 is 1.22 bits per heavy atom. The summed E-state index contributed by atoms with van der Waals surface area (Å²) in [6.07, 6.45) is 6.20. The van der Waals surface area contributed by atoms with Crippen LogP contribution in [0.15, 0.2) is 48.9 Å². The number of rotatable bonds is 3. The molecule has 2 saturated heterocycles. The minimum atomic E-state index is 0.0905. The summed E-state index contributed by atoms with van der Waals surface area (Å²) in [5.74, 6) is 1.72. The van der Waals surface area contributed by atoms with Crippen LogP contribution >= 0.6 is 11.8 Å². The molecule has 4 heterocycles. The first-order valence-corrected chi connectivity index (χ1v) is 8.64. The van der Waals surface area contributed by atoms with E-state index in [1.807, 2.05) is 34.9 Å². The van der Waals surface area contributed by atoms with Crippen LogP contribution in [-0.4, -0.2) is 50.5 Å². The quantitative estimate of drug-likeness (QED) is 0.865. The lowest BCUT2D eigenvalue weighted by molar-refractivity contribution is 0.0516. The number of hydrogen-bond donors (Lipinski definition) is 0. The van der Waals surface area contributed by atoms with Crippen molar-refractivity contribution in [2.24, 2.45) is 0 Å². The third kappa shape index (κ3) is 2.91. The summed E-state index contributed by atoms with van der Waals surface area (Å²) in [5, 5.41) is 0. The molecule has 2 aliphatic rings. The second-order valence-corrected chi connectivity index (χ2v) is 7.49. The Balaban J connectivity index is 1.34. The largest absolute Gasteiger partial charge is 0.473 e. The summed E-state index contributed by atoms with van der Waals surface area (Å²) in [6, 6.07) is 9.23. The van der Waals surface area contributed by atoms with Crippen molar-refractivity contribution in [3.8, 4) is 5.88 Å². The number of carbonyl (C=O) groups is 1. The Labute approximate surface area is 139 Å². The molecule has 1 atom stereocenters. The normalized spacial score (nSPS) is 21.9. The molecule has 2 aliphatic heterocycles. The third-order valence-electron chi connectivity index (χ3n) is 4.27. The summed E-state index contributed by atoms with van der Waals surface area (Å²) >= 11 is 1.92. The maximum absolute atomic E-state index is 12.4. The Hall–Kier alpha value is -2.08. The fourth-order valence-corrected chi connectivity index (χ4v) is 4.68. The van der Waals surface area contributed by atoms with Crippen LogP contribution in [0.4, 0.5) is 0 Å². The van der Waals surface area contributed by atoms with E-state index in [0.29, 0.717) is 11.4 Å². The van der Waals surface area contributed by atoms with Crippen LogP contribution in [0.3, 0.4) is 0 Å². The number of aromatic nitrogens is 2. The molecule has 2 fully saturated rings. The predicted molar refractivity (Wildman–Crippen MR) is 88.6 cm³/mol. The number of amides is 1. The highest BCUT2D eigenvalue weighted by atomic mass is 32.2. The summed E-state index contributed by atoms with van der Waals surface area (Å²) in [4.78, 5) is 22.5. The number of carbonyl (C=O) groups excluding carboxylic acids is 1. The highest BCUT2D eigenvalue weighted by Crippen LogP contribution is 2.46. The zero-order valence-corrected chi connectivity index (χ0v) is 13.4. The molecule has 0 saturated carbocycles. The second kappa shape index (κ2) is 5.85. The van der Waals surface area contributed by atoms with Crippen molar-refractivity contribution in [3.63, 3.8) is 0 Å². The average Bonchev–Trinajstić information content (AvgIpc) is 2.99. The van der Waals surface area contributed by atoms with E-state index in [4.69, 9.17) is 4.74 Å². The van der Waals surface area contributed by atoms with E-state index >= 15 is 0 Å². The minimum Gasteiger partial charge on any atom is -0.473 e. The molecule has 5 nitrogen and oxygen atoms in total. The van der Waals surface area contributed by atoms with Gasteiger partial charge in [-0.3, -0.25) is 9.78 Å². The van der Waals surface area contributed by atoms with Gasteiger partial charge in [0.2, 0.25) is 5.88 Å². The van der Waals surface area contributed by atoms with Gasteiger partial charge in [0.25, 0.3) is 5.91 Å². The maximum Gasteiger partial charge on any atom is 0.254 e. The molecule has 0 N–H and O–H groups in total. The van der Waals surface area contributed by atoms with Gasteiger partial charge in [-0.25, -0.2) is 4.98 Å². The molecule has 4 rings (SSSR count). The molecule has 23 heavy (non-hydrogen) atoms. The van der Waals surface area contributed by atoms with Crippen molar-refractivity contribution >= 4 is 17.7 Å². The fraction of sp³-hybridized carbons (Fsp3) is 0.353. The summed E-state index contributed by atoms with van der Waals surface area (Å²) in [7, 11) is 0. The lowest BCUT2D eigenvalue weighted by Gasteiger charge is -2.47. The molecule has 6 heteroatoms. The predicted octanol–water partition coefficient (Wildman–Crippen LogP) is 2.26. The summed E-state index contributed by atoms with van der Waals surface area (Å²) in [6.45, 7) is 1.59. The molecule has 2 aromatic heterocycles.